The summed E-state index contributed by atoms with van der Waals surface area (Å²) >= 11 is 0. The molecule has 0 unspecified atom stereocenters. The molecule has 19 heavy (non-hydrogen) atoms. The van der Waals surface area contributed by atoms with E-state index in [1.807, 2.05) is 13.8 Å². The Morgan fingerprint density at radius 1 is 1.37 bits per heavy atom. The SMILES string of the molecule is [2H]c1c([2H])c(CC([2H])([2H])N(CCC)CCC)c2c(c1[2H])NC(=O)C2. The van der Waals surface area contributed by atoms with Gasteiger partial charge in [-0.3, -0.25) is 4.79 Å². The minimum atomic E-state index is -1.67. The molecule has 0 bridgehead atoms. The Morgan fingerprint density at radius 3 is 2.79 bits per heavy atom. The molecule has 1 aromatic carbocycles. The molecule has 0 saturated heterocycles. The number of hydrogen-bond acceptors (Lipinski definition) is 2. The molecule has 0 spiro atoms. The van der Waals surface area contributed by atoms with E-state index < -0.39 is 6.50 Å². The van der Waals surface area contributed by atoms with E-state index in [-0.39, 0.29) is 42.6 Å². The van der Waals surface area contributed by atoms with Crippen molar-refractivity contribution in [2.24, 2.45) is 0 Å². The maximum Gasteiger partial charge on any atom is 0.228 e. The van der Waals surface area contributed by atoms with Crippen LogP contribution < -0.4 is 5.32 Å². The van der Waals surface area contributed by atoms with E-state index in [0.29, 0.717) is 24.2 Å². The summed E-state index contributed by atoms with van der Waals surface area (Å²) in [5.41, 5.74) is 1.14. The molecule has 1 amide bonds. The molecule has 1 aromatic rings. The third-order valence-corrected chi connectivity index (χ3v) is 3.14. The lowest BCUT2D eigenvalue weighted by atomic mass is 10.0. The van der Waals surface area contributed by atoms with Crippen molar-refractivity contribution in [2.75, 3.05) is 24.9 Å². The lowest BCUT2D eigenvalue weighted by molar-refractivity contribution is -0.115. The van der Waals surface area contributed by atoms with Gasteiger partial charge in [-0.25, -0.2) is 0 Å². The highest BCUT2D eigenvalue weighted by Gasteiger charge is 2.20. The highest BCUT2D eigenvalue weighted by Crippen LogP contribution is 2.26. The summed E-state index contributed by atoms with van der Waals surface area (Å²) in [7, 11) is 0. The van der Waals surface area contributed by atoms with Crippen LogP contribution in [0.1, 0.15) is 44.7 Å². The number of rotatable bonds is 7. The van der Waals surface area contributed by atoms with Crippen LogP contribution in [-0.2, 0) is 17.6 Å². The maximum absolute atomic E-state index is 11.7. The average molecular weight is 265 g/mol. The van der Waals surface area contributed by atoms with Crippen LogP contribution in [-0.4, -0.2) is 30.4 Å². The second-order valence-corrected chi connectivity index (χ2v) is 4.75. The molecule has 0 saturated carbocycles. The number of anilines is 1. The Morgan fingerprint density at radius 2 is 2.11 bits per heavy atom. The lowest BCUT2D eigenvalue weighted by Gasteiger charge is -2.21. The average Bonchev–Trinajstić information content (AvgIpc) is 2.91. The van der Waals surface area contributed by atoms with Crippen LogP contribution >= 0.6 is 0 Å². The van der Waals surface area contributed by atoms with Gasteiger partial charge in [-0.15, -0.1) is 0 Å². The van der Waals surface area contributed by atoms with Gasteiger partial charge >= 0.3 is 0 Å². The number of carbonyl (C=O) groups is 1. The molecule has 104 valence electrons. The number of benzene rings is 1. The fraction of sp³-hybridized carbons (Fsp3) is 0.562. The first kappa shape index (κ1) is 8.75. The molecule has 3 nitrogen and oxygen atoms in total. The second-order valence-electron chi connectivity index (χ2n) is 4.75. The number of nitrogens with one attached hydrogen (secondary N) is 1. The predicted molar refractivity (Wildman–Crippen MR) is 79.5 cm³/mol. The molecule has 0 aliphatic carbocycles. The van der Waals surface area contributed by atoms with Gasteiger partial charge in [0.2, 0.25) is 5.91 Å². The third-order valence-electron chi connectivity index (χ3n) is 3.14. The topological polar surface area (TPSA) is 32.3 Å². The molecule has 1 aliphatic rings. The highest BCUT2D eigenvalue weighted by atomic mass is 16.1. The van der Waals surface area contributed by atoms with E-state index in [4.69, 9.17) is 6.85 Å². The van der Waals surface area contributed by atoms with Gasteiger partial charge in [0.25, 0.3) is 0 Å². The van der Waals surface area contributed by atoms with Crippen molar-refractivity contribution >= 4 is 11.6 Å². The second kappa shape index (κ2) is 6.71. The van der Waals surface area contributed by atoms with E-state index in [1.165, 1.54) is 0 Å². The minimum Gasteiger partial charge on any atom is -0.326 e. The van der Waals surface area contributed by atoms with Crippen LogP contribution in [0.25, 0.3) is 0 Å². The number of fused-ring (bicyclic) bond motifs is 1. The molecule has 0 atom stereocenters. The molecular weight excluding hydrogens is 236 g/mol. The van der Waals surface area contributed by atoms with Gasteiger partial charge in [-0.2, -0.15) is 0 Å². The molecule has 0 radical (unpaired) electrons. The third kappa shape index (κ3) is 3.57. The zero-order valence-electron chi connectivity index (χ0n) is 16.6. The summed E-state index contributed by atoms with van der Waals surface area (Å²) in [4.78, 5) is 13.5. The van der Waals surface area contributed by atoms with Gasteiger partial charge in [0.15, 0.2) is 0 Å². The number of carbonyl (C=O) groups excluding carboxylic acids is 1. The largest absolute Gasteiger partial charge is 0.326 e. The highest BCUT2D eigenvalue weighted by molar-refractivity contribution is 5.99. The van der Waals surface area contributed by atoms with Crippen LogP contribution in [0.5, 0.6) is 0 Å². The zero-order chi connectivity index (χ0) is 18.1. The Labute approximate surface area is 123 Å². The van der Waals surface area contributed by atoms with Gasteiger partial charge in [0.05, 0.1) is 10.5 Å². The van der Waals surface area contributed by atoms with Gasteiger partial charge in [-0.05, 0) is 49.5 Å². The van der Waals surface area contributed by atoms with Crippen LogP contribution in [0.3, 0.4) is 0 Å². The molecule has 1 N–H and O–H groups in total. The Kier molecular flexibility index (Phi) is 3.09. The number of amides is 1. The Balaban J connectivity index is 2.44. The van der Waals surface area contributed by atoms with Crippen LogP contribution in [0.2, 0.25) is 0 Å². The minimum absolute atomic E-state index is 0.0420. The molecule has 1 heterocycles. The van der Waals surface area contributed by atoms with Crippen LogP contribution in [0.15, 0.2) is 18.1 Å². The molecular formula is C16H24N2O. The van der Waals surface area contributed by atoms with Crippen molar-refractivity contribution in [2.45, 2.75) is 39.5 Å². The van der Waals surface area contributed by atoms with Crippen molar-refractivity contribution in [1.29, 1.82) is 0 Å². The van der Waals surface area contributed by atoms with E-state index >= 15 is 0 Å². The molecule has 0 fully saturated rings. The number of nitrogens with zero attached hydrogens (tertiary/aromatic N) is 1. The fourth-order valence-electron chi connectivity index (χ4n) is 2.27. The summed E-state index contributed by atoms with van der Waals surface area (Å²) in [5.74, 6) is -0.274. The molecule has 2 rings (SSSR count). The van der Waals surface area contributed by atoms with Gasteiger partial charge in [0, 0.05) is 14.9 Å². The van der Waals surface area contributed by atoms with E-state index in [2.05, 4.69) is 5.32 Å². The van der Waals surface area contributed by atoms with Gasteiger partial charge in [-0.1, -0.05) is 25.9 Å². The van der Waals surface area contributed by atoms with E-state index in [0.717, 1.165) is 12.8 Å². The zero-order valence-corrected chi connectivity index (χ0v) is 11.6. The fourth-order valence-corrected chi connectivity index (χ4v) is 2.27. The first-order chi connectivity index (χ1) is 11.2. The van der Waals surface area contributed by atoms with Gasteiger partial charge < -0.3 is 10.2 Å². The predicted octanol–water partition coefficient (Wildman–Crippen LogP) is 2.85. The standard InChI is InChI=1S/C16H24N2O/c1-3-9-18(10-4-2)11-8-13-6-5-7-15-14(13)12-16(19)17-15/h5-7H,3-4,8-12H2,1-2H3,(H,17,19)/i5D,6D,7D,11D2. The van der Waals surface area contributed by atoms with Crippen molar-refractivity contribution in [3.63, 3.8) is 0 Å². The Bertz CT molecular complexity index is 642. The number of hydrogen-bond donors (Lipinski definition) is 1. The van der Waals surface area contributed by atoms with Crippen molar-refractivity contribution in [3.05, 3.63) is 29.3 Å². The first-order valence-corrected chi connectivity index (χ1v) is 6.89. The van der Waals surface area contributed by atoms with E-state index in [1.54, 1.807) is 4.90 Å². The lowest BCUT2D eigenvalue weighted by Crippen LogP contribution is -2.28. The van der Waals surface area contributed by atoms with Crippen molar-refractivity contribution in [3.8, 4) is 0 Å². The monoisotopic (exact) mass is 265 g/mol. The molecule has 1 aliphatic heterocycles. The summed E-state index contributed by atoms with van der Waals surface area (Å²) < 4.78 is 40.9. The molecule has 0 aromatic heterocycles. The van der Waals surface area contributed by atoms with E-state index in [9.17, 15) is 4.79 Å². The van der Waals surface area contributed by atoms with Crippen molar-refractivity contribution in [1.82, 2.24) is 4.90 Å². The Hall–Kier alpha value is -1.35. The summed E-state index contributed by atoms with van der Waals surface area (Å²) in [6.07, 6.45) is 1.62. The summed E-state index contributed by atoms with van der Waals surface area (Å²) in [6.45, 7) is 3.53. The summed E-state index contributed by atoms with van der Waals surface area (Å²) in [6, 6.07) is -0.574. The van der Waals surface area contributed by atoms with Crippen LogP contribution in [0.4, 0.5) is 5.69 Å². The maximum atomic E-state index is 11.7. The summed E-state index contributed by atoms with van der Waals surface area (Å²) in [5, 5.41) is 2.57. The van der Waals surface area contributed by atoms with Crippen molar-refractivity contribution < 1.29 is 11.6 Å². The van der Waals surface area contributed by atoms with Gasteiger partial charge in [0.1, 0.15) is 0 Å². The van der Waals surface area contributed by atoms with Crippen LogP contribution in [0, 0.1) is 0 Å². The first-order valence-electron chi connectivity index (χ1n) is 9.39. The smallest absolute Gasteiger partial charge is 0.228 e. The quantitative estimate of drug-likeness (QED) is 0.822. The molecule has 3 heteroatoms. The normalized spacial score (nSPS) is 18.3.